The number of hydrogen-bond acceptors (Lipinski definition) is 4. The standard InChI is InChI=1S/C21H16F2N4OS/c1-11-20(29-10-24-11)21-25-15-4-2-3-5-16(15)27(21)9-12-8-17(28)26-19-13(12)6-7-14(22)18(19)23/h2-8,10-11,20H,9H2,1H3,(H,26,28). The molecule has 1 aliphatic heterocycles. The molecular formula is C21H16F2N4OS. The van der Waals surface area contributed by atoms with Gasteiger partial charge >= 0.3 is 0 Å². The first-order chi connectivity index (χ1) is 14.0. The highest BCUT2D eigenvalue weighted by Crippen LogP contribution is 2.38. The smallest absolute Gasteiger partial charge is 0.248 e. The van der Waals surface area contributed by atoms with Gasteiger partial charge in [0.2, 0.25) is 5.56 Å². The molecule has 8 heteroatoms. The molecule has 2 aromatic heterocycles. The van der Waals surface area contributed by atoms with Gasteiger partial charge in [0, 0.05) is 11.5 Å². The van der Waals surface area contributed by atoms with E-state index in [0.29, 0.717) is 17.5 Å². The highest BCUT2D eigenvalue weighted by Gasteiger charge is 2.29. The first-order valence-electron chi connectivity index (χ1n) is 9.15. The van der Waals surface area contributed by atoms with Gasteiger partial charge in [-0.05, 0) is 36.8 Å². The first kappa shape index (κ1) is 18.1. The fourth-order valence-corrected chi connectivity index (χ4v) is 4.77. The molecule has 29 heavy (non-hydrogen) atoms. The second-order valence-electron chi connectivity index (χ2n) is 7.04. The van der Waals surface area contributed by atoms with Crippen LogP contribution in [0.4, 0.5) is 8.78 Å². The van der Waals surface area contributed by atoms with Crippen molar-refractivity contribution in [2.45, 2.75) is 24.8 Å². The number of thioether (sulfide) groups is 1. The van der Waals surface area contributed by atoms with E-state index < -0.39 is 17.2 Å². The Kier molecular flexibility index (Phi) is 4.24. The molecule has 0 spiro atoms. The van der Waals surface area contributed by atoms with Crippen molar-refractivity contribution in [3.05, 3.63) is 75.8 Å². The third kappa shape index (κ3) is 2.95. The van der Waals surface area contributed by atoms with Crippen molar-refractivity contribution in [3.8, 4) is 0 Å². The Labute approximate surface area is 168 Å². The van der Waals surface area contributed by atoms with Gasteiger partial charge in [0.1, 0.15) is 5.82 Å². The molecule has 0 bridgehead atoms. The minimum absolute atomic E-state index is 0.0461. The van der Waals surface area contributed by atoms with Crippen molar-refractivity contribution in [1.29, 1.82) is 0 Å². The summed E-state index contributed by atoms with van der Waals surface area (Å²) in [5.41, 5.74) is 3.59. The van der Waals surface area contributed by atoms with Crippen molar-refractivity contribution in [1.82, 2.24) is 14.5 Å². The van der Waals surface area contributed by atoms with Crippen LogP contribution in [0.1, 0.15) is 23.6 Å². The van der Waals surface area contributed by atoms with E-state index in [9.17, 15) is 13.6 Å². The summed E-state index contributed by atoms with van der Waals surface area (Å²) >= 11 is 1.60. The molecule has 2 unspecified atom stereocenters. The molecule has 4 aromatic rings. The molecule has 146 valence electrons. The molecule has 1 aliphatic rings. The van der Waals surface area contributed by atoms with Crippen LogP contribution in [0.2, 0.25) is 0 Å². The van der Waals surface area contributed by atoms with Crippen LogP contribution >= 0.6 is 11.8 Å². The minimum Gasteiger partial charge on any atom is -0.322 e. The summed E-state index contributed by atoms with van der Waals surface area (Å²) in [6, 6.07) is 11.8. The second-order valence-corrected chi connectivity index (χ2v) is 8.03. The third-order valence-corrected chi connectivity index (χ3v) is 6.34. The van der Waals surface area contributed by atoms with E-state index in [2.05, 4.69) is 9.98 Å². The number of aliphatic imine (C=N–C) groups is 1. The number of nitrogens with zero attached hydrogens (tertiary/aromatic N) is 3. The lowest BCUT2D eigenvalue weighted by atomic mass is 10.1. The van der Waals surface area contributed by atoms with Crippen molar-refractivity contribution < 1.29 is 8.78 Å². The van der Waals surface area contributed by atoms with Crippen LogP contribution in [-0.4, -0.2) is 26.1 Å². The number of pyridine rings is 1. The largest absolute Gasteiger partial charge is 0.322 e. The molecular weight excluding hydrogens is 394 g/mol. The van der Waals surface area contributed by atoms with Crippen LogP contribution < -0.4 is 5.56 Å². The number of aromatic nitrogens is 3. The molecule has 3 heterocycles. The predicted octanol–water partition coefficient (Wildman–Crippen LogP) is 4.41. The van der Waals surface area contributed by atoms with E-state index >= 15 is 0 Å². The number of benzene rings is 2. The molecule has 1 N–H and O–H groups in total. The maximum Gasteiger partial charge on any atom is 0.248 e. The van der Waals surface area contributed by atoms with Crippen molar-refractivity contribution in [2.75, 3.05) is 0 Å². The van der Waals surface area contributed by atoms with Crippen LogP contribution in [0.25, 0.3) is 21.9 Å². The molecule has 5 rings (SSSR count). The molecule has 0 amide bonds. The Morgan fingerprint density at radius 1 is 1.21 bits per heavy atom. The van der Waals surface area contributed by atoms with E-state index in [1.165, 1.54) is 12.1 Å². The van der Waals surface area contributed by atoms with Gasteiger partial charge in [-0.3, -0.25) is 9.79 Å². The van der Waals surface area contributed by atoms with Gasteiger partial charge < -0.3 is 9.55 Å². The number of nitrogens with one attached hydrogen (secondary N) is 1. The Morgan fingerprint density at radius 3 is 2.83 bits per heavy atom. The number of H-pyrrole nitrogens is 1. The molecule has 0 saturated heterocycles. The Hall–Kier alpha value is -3.00. The number of imidazole rings is 1. The normalized spacial score (nSPS) is 18.9. The van der Waals surface area contributed by atoms with Crippen molar-refractivity contribution >= 4 is 39.2 Å². The molecule has 0 radical (unpaired) electrons. The zero-order chi connectivity index (χ0) is 20.1. The quantitative estimate of drug-likeness (QED) is 0.544. The van der Waals surface area contributed by atoms with Gasteiger partial charge in [0.05, 0.1) is 39.9 Å². The fourth-order valence-electron chi connectivity index (χ4n) is 3.78. The maximum absolute atomic E-state index is 14.3. The van der Waals surface area contributed by atoms with E-state index in [4.69, 9.17) is 4.98 Å². The molecule has 5 nitrogen and oxygen atoms in total. The second kappa shape index (κ2) is 6.81. The molecule has 0 aliphatic carbocycles. The molecule has 2 atom stereocenters. The fraction of sp³-hybridized carbons (Fsp3) is 0.190. The lowest BCUT2D eigenvalue weighted by Crippen LogP contribution is -2.15. The summed E-state index contributed by atoms with van der Waals surface area (Å²) in [5.74, 6) is -1.20. The summed E-state index contributed by atoms with van der Waals surface area (Å²) in [5, 5.41) is 0.514. The Bertz CT molecular complexity index is 1340. The zero-order valence-electron chi connectivity index (χ0n) is 15.4. The summed E-state index contributed by atoms with van der Waals surface area (Å²) in [6.45, 7) is 2.34. The highest BCUT2D eigenvalue weighted by atomic mass is 32.2. The number of aromatic amines is 1. The van der Waals surface area contributed by atoms with E-state index in [-0.39, 0.29) is 16.8 Å². The summed E-state index contributed by atoms with van der Waals surface area (Å²) < 4.78 is 30.0. The lowest BCUT2D eigenvalue weighted by Gasteiger charge is -2.17. The lowest BCUT2D eigenvalue weighted by molar-refractivity contribution is 0.515. The Balaban J connectivity index is 1.72. The molecule has 0 saturated carbocycles. The van der Waals surface area contributed by atoms with Gasteiger partial charge in [-0.2, -0.15) is 0 Å². The van der Waals surface area contributed by atoms with Gasteiger partial charge in [0.15, 0.2) is 11.6 Å². The number of halogens is 2. The highest BCUT2D eigenvalue weighted by molar-refractivity contribution is 8.12. The summed E-state index contributed by atoms with van der Waals surface area (Å²) in [6.07, 6.45) is 0. The van der Waals surface area contributed by atoms with Gasteiger partial charge in [0.25, 0.3) is 0 Å². The van der Waals surface area contributed by atoms with Crippen molar-refractivity contribution in [2.24, 2.45) is 4.99 Å². The van der Waals surface area contributed by atoms with Crippen LogP contribution in [0, 0.1) is 11.6 Å². The van der Waals surface area contributed by atoms with Gasteiger partial charge in [-0.25, -0.2) is 13.8 Å². The Morgan fingerprint density at radius 2 is 2.03 bits per heavy atom. The zero-order valence-corrected chi connectivity index (χ0v) is 16.2. The monoisotopic (exact) mass is 410 g/mol. The predicted molar refractivity (Wildman–Crippen MR) is 112 cm³/mol. The van der Waals surface area contributed by atoms with Crippen molar-refractivity contribution in [3.63, 3.8) is 0 Å². The van der Waals surface area contributed by atoms with Crippen LogP contribution in [-0.2, 0) is 6.54 Å². The van der Waals surface area contributed by atoms with E-state index in [0.717, 1.165) is 22.9 Å². The van der Waals surface area contributed by atoms with Gasteiger partial charge in [-0.15, -0.1) is 11.8 Å². The van der Waals surface area contributed by atoms with E-state index in [1.807, 2.05) is 41.3 Å². The molecule has 0 fully saturated rings. The van der Waals surface area contributed by atoms with Crippen LogP contribution in [0.15, 0.2) is 52.3 Å². The number of fused-ring (bicyclic) bond motifs is 2. The average molecular weight is 410 g/mol. The van der Waals surface area contributed by atoms with Gasteiger partial charge in [-0.1, -0.05) is 12.1 Å². The molecule has 2 aromatic carbocycles. The number of hydrogen-bond donors (Lipinski definition) is 1. The maximum atomic E-state index is 14.3. The summed E-state index contributed by atoms with van der Waals surface area (Å²) in [4.78, 5) is 23.8. The van der Waals surface area contributed by atoms with Crippen LogP contribution in [0.5, 0.6) is 0 Å². The minimum atomic E-state index is -1.05. The number of rotatable bonds is 3. The summed E-state index contributed by atoms with van der Waals surface area (Å²) in [7, 11) is 0. The SMILES string of the molecule is CC1N=CSC1c1nc2ccccc2n1Cc1cc(=O)[nH]c2c(F)c(F)ccc12. The first-order valence-corrected chi connectivity index (χ1v) is 10.1. The average Bonchev–Trinajstić information content (AvgIpc) is 3.28. The van der Waals surface area contributed by atoms with E-state index in [1.54, 1.807) is 11.8 Å². The topological polar surface area (TPSA) is 63.0 Å². The third-order valence-electron chi connectivity index (χ3n) is 5.20. The van der Waals surface area contributed by atoms with Crippen LogP contribution in [0.3, 0.4) is 0 Å². The number of para-hydroxylation sites is 2.